The molecule has 144 valence electrons. The first-order valence-corrected chi connectivity index (χ1v) is 9.02. The fourth-order valence-electron chi connectivity index (χ4n) is 2.06. The molecule has 0 aliphatic carbocycles. The SMILES string of the molecule is CC.Cc1nc(Cl)c(O)cc1C[C@H](NC(=O)OC(C)(C)C)C(C)(C)C. The standard InChI is InChI=1S/C17H27ClN2O3.C2H6/c1-10-11(8-12(21)14(18)19-10)9-13(16(2,3)4)20-15(22)23-17(5,6)7;1-2/h8,13,21H,9H2,1-7H3,(H,20,22);1-2H3/t13-;/m0./s1. The predicted octanol–water partition coefficient (Wildman–Crippen LogP) is 5.26. The second-order valence-electron chi connectivity index (χ2n) is 7.81. The molecule has 0 bridgehead atoms. The summed E-state index contributed by atoms with van der Waals surface area (Å²) >= 11 is 5.82. The molecule has 6 heteroatoms. The first-order chi connectivity index (χ1) is 11.3. The van der Waals surface area contributed by atoms with E-state index < -0.39 is 11.7 Å². The Bertz CT molecular complexity index is 575. The van der Waals surface area contributed by atoms with Crippen molar-refractivity contribution in [3.63, 3.8) is 0 Å². The van der Waals surface area contributed by atoms with Crippen molar-refractivity contribution in [3.8, 4) is 5.75 Å². The van der Waals surface area contributed by atoms with E-state index in [-0.39, 0.29) is 22.4 Å². The molecule has 0 saturated carbocycles. The molecule has 0 saturated heterocycles. The van der Waals surface area contributed by atoms with Gasteiger partial charge in [0.05, 0.1) is 0 Å². The number of halogens is 1. The van der Waals surface area contributed by atoms with E-state index in [1.807, 2.05) is 62.3 Å². The molecular formula is C19H33ClN2O3. The number of aromatic nitrogens is 1. The molecule has 2 N–H and O–H groups in total. The van der Waals surface area contributed by atoms with Crippen molar-refractivity contribution in [2.24, 2.45) is 5.41 Å². The maximum Gasteiger partial charge on any atom is 0.407 e. The molecule has 1 amide bonds. The van der Waals surface area contributed by atoms with Crippen LogP contribution in [0.25, 0.3) is 0 Å². The van der Waals surface area contributed by atoms with Crippen molar-refractivity contribution in [1.82, 2.24) is 10.3 Å². The zero-order chi connectivity index (χ0) is 20.0. The first kappa shape index (κ1) is 23.5. The van der Waals surface area contributed by atoms with Crippen molar-refractivity contribution >= 4 is 17.7 Å². The number of aryl methyl sites for hydroxylation is 1. The van der Waals surface area contributed by atoms with Gasteiger partial charge in [-0.15, -0.1) is 0 Å². The van der Waals surface area contributed by atoms with Crippen LogP contribution in [-0.2, 0) is 11.2 Å². The summed E-state index contributed by atoms with van der Waals surface area (Å²) in [6.45, 7) is 17.4. The molecular weight excluding hydrogens is 340 g/mol. The van der Waals surface area contributed by atoms with E-state index in [1.54, 1.807) is 6.07 Å². The lowest BCUT2D eigenvalue weighted by molar-refractivity contribution is 0.0464. The smallest absolute Gasteiger partial charge is 0.407 e. The van der Waals surface area contributed by atoms with E-state index in [1.165, 1.54) is 0 Å². The van der Waals surface area contributed by atoms with Gasteiger partial charge in [-0.05, 0) is 51.2 Å². The van der Waals surface area contributed by atoms with Gasteiger partial charge in [0.2, 0.25) is 0 Å². The summed E-state index contributed by atoms with van der Waals surface area (Å²) < 4.78 is 5.34. The van der Waals surface area contributed by atoms with Crippen LogP contribution in [-0.4, -0.2) is 27.8 Å². The third kappa shape index (κ3) is 8.43. The summed E-state index contributed by atoms with van der Waals surface area (Å²) in [4.78, 5) is 16.2. The number of rotatable bonds is 3. The van der Waals surface area contributed by atoms with Gasteiger partial charge in [-0.1, -0.05) is 46.2 Å². The molecule has 1 atom stereocenters. The zero-order valence-electron chi connectivity index (χ0n) is 17.0. The lowest BCUT2D eigenvalue weighted by Gasteiger charge is -2.33. The summed E-state index contributed by atoms with van der Waals surface area (Å²) in [5, 5.41) is 12.8. The number of hydrogen-bond acceptors (Lipinski definition) is 4. The Morgan fingerprint density at radius 2 is 1.80 bits per heavy atom. The highest BCUT2D eigenvalue weighted by atomic mass is 35.5. The summed E-state index contributed by atoms with van der Waals surface area (Å²) in [5.74, 6) is -0.0582. The normalized spacial score (nSPS) is 12.7. The van der Waals surface area contributed by atoms with Gasteiger partial charge in [0, 0.05) is 11.7 Å². The van der Waals surface area contributed by atoms with Gasteiger partial charge in [0.1, 0.15) is 5.60 Å². The molecule has 0 unspecified atom stereocenters. The van der Waals surface area contributed by atoms with Gasteiger partial charge in [-0.3, -0.25) is 0 Å². The summed E-state index contributed by atoms with van der Waals surface area (Å²) in [6, 6.07) is 1.42. The minimum Gasteiger partial charge on any atom is -0.505 e. The van der Waals surface area contributed by atoms with Crippen molar-refractivity contribution < 1.29 is 14.6 Å². The molecule has 5 nitrogen and oxygen atoms in total. The molecule has 25 heavy (non-hydrogen) atoms. The van der Waals surface area contributed by atoms with Crippen LogP contribution in [0, 0.1) is 12.3 Å². The number of aromatic hydroxyl groups is 1. The van der Waals surface area contributed by atoms with Gasteiger partial charge in [0.15, 0.2) is 10.9 Å². The average molecular weight is 373 g/mol. The number of ether oxygens (including phenoxy) is 1. The monoisotopic (exact) mass is 372 g/mol. The molecule has 1 aromatic rings. The Hall–Kier alpha value is -1.49. The quantitative estimate of drug-likeness (QED) is 0.710. The van der Waals surface area contributed by atoms with Gasteiger partial charge in [0.25, 0.3) is 0 Å². The van der Waals surface area contributed by atoms with Crippen LogP contribution in [0.15, 0.2) is 6.07 Å². The van der Waals surface area contributed by atoms with Crippen LogP contribution in [0.4, 0.5) is 4.79 Å². The van der Waals surface area contributed by atoms with Crippen LogP contribution in [0.2, 0.25) is 5.15 Å². The number of alkyl carbamates (subject to hydrolysis) is 1. The Morgan fingerprint density at radius 3 is 2.24 bits per heavy atom. The fraction of sp³-hybridized carbons (Fsp3) is 0.684. The summed E-state index contributed by atoms with van der Waals surface area (Å²) in [6.07, 6.45) is 0.0629. The van der Waals surface area contributed by atoms with E-state index in [9.17, 15) is 9.90 Å². The number of nitrogens with zero attached hydrogens (tertiary/aromatic N) is 1. The molecule has 0 aromatic carbocycles. The zero-order valence-corrected chi connectivity index (χ0v) is 17.7. The molecule has 0 radical (unpaired) electrons. The number of carbonyl (C=O) groups excluding carboxylic acids is 1. The highest BCUT2D eigenvalue weighted by molar-refractivity contribution is 6.30. The van der Waals surface area contributed by atoms with E-state index in [0.29, 0.717) is 6.42 Å². The highest BCUT2D eigenvalue weighted by Crippen LogP contribution is 2.28. The number of amides is 1. The van der Waals surface area contributed by atoms with Gasteiger partial charge < -0.3 is 15.2 Å². The number of carbonyl (C=O) groups is 1. The molecule has 0 fully saturated rings. The van der Waals surface area contributed by atoms with Crippen LogP contribution >= 0.6 is 11.6 Å². The number of nitrogens with one attached hydrogen (secondary N) is 1. The third-order valence-corrected chi connectivity index (χ3v) is 3.69. The van der Waals surface area contributed by atoms with Crippen LogP contribution in [0.1, 0.15) is 66.6 Å². The third-order valence-electron chi connectivity index (χ3n) is 3.41. The second kappa shape index (κ2) is 9.27. The molecule has 1 aromatic heterocycles. The first-order valence-electron chi connectivity index (χ1n) is 8.64. The topological polar surface area (TPSA) is 71.5 Å². The highest BCUT2D eigenvalue weighted by Gasteiger charge is 2.29. The van der Waals surface area contributed by atoms with Crippen molar-refractivity contribution in [3.05, 3.63) is 22.5 Å². The minimum atomic E-state index is -0.553. The van der Waals surface area contributed by atoms with E-state index in [2.05, 4.69) is 10.3 Å². The fourth-order valence-corrected chi connectivity index (χ4v) is 2.24. The lowest BCUT2D eigenvalue weighted by Crippen LogP contribution is -2.47. The van der Waals surface area contributed by atoms with Gasteiger partial charge in [-0.2, -0.15) is 0 Å². The van der Waals surface area contributed by atoms with Crippen LogP contribution in [0.5, 0.6) is 5.75 Å². The molecule has 1 heterocycles. The van der Waals surface area contributed by atoms with Crippen molar-refractivity contribution in [2.45, 2.75) is 80.4 Å². The maximum absolute atomic E-state index is 12.1. The van der Waals surface area contributed by atoms with Crippen molar-refractivity contribution in [1.29, 1.82) is 0 Å². The summed E-state index contributed by atoms with van der Waals surface area (Å²) in [5.41, 5.74) is 0.817. The Morgan fingerprint density at radius 1 is 1.28 bits per heavy atom. The Kier molecular flexibility index (Phi) is 8.72. The van der Waals surface area contributed by atoms with Gasteiger partial charge in [-0.25, -0.2) is 9.78 Å². The summed E-state index contributed by atoms with van der Waals surface area (Å²) in [7, 11) is 0. The molecule has 0 aliphatic rings. The predicted molar refractivity (Wildman–Crippen MR) is 103 cm³/mol. The Balaban J connectivity index is 0.00000277. The second-order valence-corrected chi connectivity index (χ2v) is 8.17. The van der Waals surface area contributed by atoms with E-state index in [0.717, 1.165) is 11.3 Å². The van der Waals surface area contributed by atoms with Crippen molar-refractivity contribution in [2.75, 3.05) is 0 Å². The molecule has 0 aliphatic heterocycles. The molecule has 0 spiro atoms. The number of hydrogen-bond donors (Lipinski definition) is 2. The average Bonchev–Trinajstić information content (AvgIpc) is 2.43. The minimum absolute atomic E-state index is 0.0582. The lowest BCUT2D eigenvalue weighted by atomic mass is 9.83. The van der Waals surface area contributed by atoms with Crippen LogP contribution in [0.3, 0.4) is 0 Å². The number of pyridine rings is 1. The van der Waals surface area contributed by atoms with E-state index >= 15 is 0 Å². The van der Waals surface area contributed by atoms with Crippen LogP contribution < -0.4 is 5.32 Å². The van der Waals surface area contributed by atoms with E-state index in [4.69, 9.17) is 16.3 Å². The largest absolute Gasteiger partial charge is 0.505 e. The maximum atomic E-state index is 12.1. The Labute approximate surface area is 157 Å². The van der Waals surface area contributed by atoms with Gasteiger partial charge >= 0.3 is 6.09 Å². The molecule has 1 rings (SSSR count).